The van der Waals surface area contributed by atoms with E-state index in [4.69, 9.17) is 4.74 Å². The molecule has 1 N–H and O–H groups in total. The molecule has 2 aromatic rings. The van der Waals surface area contributed by atoms with Crippen molar-refractivity contribution in [2.24, 2.45) is 0 Å². The number of aromatic nitrogens is 2. The van der Waals surface area contributed by atoms with Crippen molar-refractivity contribution in [3.8, 4) is 0 Å². The molecular weight excluding hydrogens is 273 g/mol. The first kappa shape index (κ1) is 14.0. The molecule has 0 radical (unpaired) electrons. The topological polar surface area (TPSA) is 58.2 Å². The zero-order valence-electron chi connectivity index (χ0n) is 11.9. The molecular formula is C15H18FN3O2. The van der Waals surface area contributed by atoms with E-state index in [0.29, 0.717) is 18.5 Å². The van der Waals surface area contributed by atoms with Gasteiger partial charge in [-0.25, -0.2) is 9.37 Å². The molecule has 0 saturated carbocycles. The minimum atomic E-state index is -0.294. The van der Waals surface area contributed by atoms with Gasteiger partial charge in [0.1, 0.15) is 11.6 Å². The fourth-order valence-electron chi connectivity index (χ4n) is 2.84. The lowest BCUT2D eigenvalue weighted by atomic mass is 10.2. The number of amides is 1. The molecule has 2 heterocycles. The second kappa shape index (κ2) is 5.81. The van der Waals surface area contributed by atoms with Gasteiger partial charge < -0.3 is 14.6 Å². The lowest BCUT2D eigenvalue weighted by molar-refractivity contribution is -0.133. The van der Waals surface area contributed by atoms with E-state index >= 15 is 0 Å². The maximum absolute atomic E-state index is 13.2. The van der Waals surface area contributed by atoms with Gasteiger partial charge in [0, 0.05) is 13.7 Å². The normalized spacial score (nSPS) is 18.6. The molecule has 0 spiro atoms. The zero-order chi connectivity index (χ0) is 14.8. The van der Waals surface area contributed by atoms with Gasteiger partial charge in [-0.2, -0.15) is 0 Å². The van der Waals surface area contributed by atoms with Crippen LogP contribution >= 0.6 is 0 Å². The lowest BCUT2D eigenvalue weighted by Crippen LogP contribution is -2.31. The van der Waals surface area contributed by atoms with Gasteiger partial charge in [-0.05, 0) is 31.0 Å². The monoisotopic (exact) mass is 291 g/mol. The molecule has 21 heavy (non-hydrogen) atoms. The summed E-state index contributed by atoms with van der Waals surface area (Å²) in [6.07, 6.45) is 2.21. The molecule has 1 saturated heterocycles. The number of H-pyrrole nitrogens is 1. The number of methoxy groups -OCH3 is 1. The summed E-state index contributed by atoms with van der Waals surface area (Å²) in [5.41, 5.74) is 1.39. The van der Waals surface area contributed by atoms with Gasteiger partial charge in [0.25, 0.3) is 0 Å². The number of fused-ring (bicyclic) bond motifs is 1. The molecule has 112 valence electrons. The molecule has 0 bridgehead atoms. The van der Waals surface area contributed by atoms with Crippen molar-refractivity contribution in [1.82, 2.24) is 14.9 Å². The highest BCUT2D eigenvalue weighted by molar-refractivity contribution is 5.78. The first-order chi connectivity index (χ1) is 10.2. The number of benzene rings is 1. The smallest absolute Gasteiger partial charge is 0.225 e. The van der Waals surface area contributed by atoms with Crippen LogP contribution in [0.2, 0.25) is 0 Å². The number of halogens is 1. The number of nitrogens with zero attached hydrogens (tertiary/aromatic N) is 2. The molecule has 6 heteroatoms. The Hall–Kier alpha value is -1.95. The predicted octanol–water partition coefficient (Wildman–Crippen LogP) is 2.40. The number of rotatable bonds is 4. The third kappa shape index (κ3) is 2.76. The molecule has 0 aliphatic carbocycles. The Morgan fingerprint density at radius 1 is 1.57 bits per heavy atom. The summed E-state index contributed by atoms with van der Waals surface area (Å²) >= 11 is 0. The van der Waals surface area contributed by atoms with Crippen molar-refractivity contribution in [3.63, 3.8) is 0 Å². The van der Waals surface area contributed by atoms with Gasteiger partial charge in [0.2, 0.25) is 5.91 Å². The summed E-state index contributed by atoms with van der Waals surface area (Å²) in [6.45, 7) is 1.16. The lowest BCUT2D eigenvalue weighted by Gasteiger charge is -2.23. The number of imidazole rings is 1. The van der Waals surface area contributed by atoms with E-state index in [1.807, 2.05) is 4.90 Å². The van der Waals surface area contributed by atoms with Crippen LogP contribution in [0.3, 0.4) is 0 Å². The van der Waals surface area contributed by atoms with Crippen LogP contribution in [0.4, 0.5) is 4.39 Å². The Morgan fingerprint density at radius 3 is 3.24 bits per heavy atom. The quantitative estimate of drug-likeness (QED) is 0.941. The van der Waals surface area contributed by atoms with E-state index < -0.39 is 0 Å². The van der Waals surface area contributed by atoms with E-state index in [0.717, 1.165) is 30.7 Å². The van der Waals surface area contributed by atoms with Crippen LogP contribution < -0.4 is 0 Å². The van der Waals surface area contributed by atoms with Crippen molar-refractivity contribution in [2.45, 2.75) is 25.3 Å². The molecule has 1 unspecified atom stereocenters. The largest absolute Gasteiger partial charge is 0.384 e. The number of nitrogens with one attached hydrogen (secondary N) is 1. The summed E-state index contributed by atoms with van der Waals surface area (Å²) < 4.78 is 18.2. The average molecular weight is 291 g/mol. The zero-order valence-corrected chi connectivity index (χ0v) is 11.9. The first-order valence-corrected chi connectivity index (χ1v) is 7.12. The van der Waals surface area contributed by atoms with E-state index in [1.165, 1.54) is 12.1 Å². The Kier molecular flexibility index (Phi) is 3.88. The maximum Gasteiger partial charge on any atom is 0.225 e. The number of hydrogen-bond acceptors (Lipinski definition) is 3. The van der Waals surface area contributed by atoms with Gasteiger partial charge in [-0.15, -0.1) is 0 Å². The summed E-state index contributed by atoms with van der Waals surface area (Å²) in [5, 5.41) is 0. The molecule has 1 amide bonds. The van der Waals surface area contributed by atoms with Crippen LogP contribution in [0.1, 0.15) is 31.1 Å². The first-order valence-electron chi connectivity index (χ1n) is 7.12. The highest BCUT2D eigenvalue weighted by Gasteiger charge is 2.31. The van der Waals surface area contributed by atoms with Crippen molar-refractivity contribution in [1.29, 1.82) is 0 Å². The number of aromatic amines is 1. The number of ether oxygens (including phenoxy) is 1. The Balaban J connectivity index is 1.84. The molecule has 5 nitrogen and oxygen atoms in total. The molecule has 1 aromatic heterocycles. The minimum absolute atomic E-state index is 0.0511. The fraction of sp³-hybridized carbons (Fsp3) is 0.467. The Bertz CT molecular complexity index is 655. The predicted molar refractivity (Wildman–Crippen MR) is 76.2 cm³/mol. The molecule has 1 atom stereocenters. The molecule has 1 aromatic carbocycles. The van der Waals surface area contributed by atoms with Gasteiger partial charge in [-0.3, -0.25) is 4.79 Å². The summed E-state index contributed by atoms with van der Waals surface area (Å²) in [7, 11) is 1.59. The van der Waals surface area contributed by atoms with E-state index in [2.05, 4.69) is 9.97 Å². The number of carbonyl (C=O) groups is 1. The summed E-state index contributed by atoms with van der Waals surface area (Å²) in [6, 6.07) is 4.42. The standard InChI is InChI=1S/C15H18FN3O2/c1-21-8-6-14(20)19-7-2-3-13(19)15-17-11-5-4-10(16)9-12(11)18-15/h4-5,9,13H,2-3,6-8H2,1H3,(H,17,18). The molecule has 1 aliphatic rings. The van der Waals surface area contributed by atoms with Gasteiger partial charge in [0.15, 0.2) is 0 Å². The maximum atomic E-state index is 13.2. The van der Waals surface area contributed by atoms with Crippen LogP contribution in [0.15, 0.2) is 18.2 Å². The summed E-state index contributed by atoms with van der Waals surface area (Å²) in [4.78, 5) is 21.7. The number of likely N-dealkylation sites (tertiary alicyclic amines) is 1. The van der Waals surface area contributed by atoms with Crippen LogP contribution in [0, 0.1) is 5.82 Å². The second-order valence-electron chi connectivity index (χ2n) is 5.27. The van der Waals surface area contributed by atoms with E-state index in [9.17, 15) is 9.18 Å². The van der Waals surface area contributed by atoms with Crippen LogP contribution in [0.5, 0.6) is 0 Å². The average Bonchev–Trinajstić information content (AvgIpc) is 3.09. The van der Waals surface area contributed by atoms with E-state index in [-0.39, 0.29) is 17.8 Å². The molecule has 3 rings (SSSR count). The fourth-order valence-corrected chi connectivity index (χ4v) is 2.84. The van der Waals surface area contributed by atoms with Gasteiger partial charge in [0.05, 0.1) is 30.1 Å². The van der Waals surface area contributed by atoms with Crippen molar-refractivity contribution >= 4 is 16.9 Å². The number of carbonyl (C=O) groups excluding carboxylic acids is 1. The highest BCUT2D eigenvalue weighted by atomic mass is 19.1. The van der Waals surface area contributed by atoms with Gasteiger partial charge >= 0.3 is 0 Å². The van der Waals surface area contributed by atoms with Crippen molar-refractivity contribution in [3.05, 3.63) is 29.8 Å². The third-order valence-corrected chi connectivity index (χ3v) is 3.87. The van der Waals surface area contributed by atoms with Crippen LogP contribution in [-0.2, 0) is 9.53 Å². The third-order valence-electron chi connectivity index (χ3n) is 3.87. The van der Waals surface area contributed by atoms with Crippen LogP contribution in [-0.4, -0.2) is 41.0 Å². The minimum Gasteiger partial charge on any atom is -0.384 e. The Labute approximate surface area is 122 Å². The SMILES string of the molecule is COCCC(=O)N1CCCC1c1nc2ccc(F)cc2[nH]1. The molecule has 1 aliphatic heterocycles. The van der Waals surface area contributed by atoms with E-state index in [1.54, 1.807) is 13.2 Å². The van der Waals surface area contributed by atoms with Crippen LogP contribution in [0.25, 0.3) is 11.0 Å². The van der Waals surface area contributed by atoms with Crippen molar-refractivity contribution in [2.75, 3.05) is 20.3 Å². The summed E-state index contributed by atoms with van der Waals surface area (Å²) in [5.74, 6) is 0.516. The van der Waals surface area contributed by atoms with Crippen molar-refractivity contribution < 1.29 is 13.9 Å². The Morgan fingerprint density at radius 2 is 2.43 bits per heavy atom. The highest BCUT2D eigenvalue weighted by Crippen LogP contribution is 2.31. The second-order valence-corrected chi connectivity index (χ2v) is 5.27. The molecule has 1 fully saturated rings. The number of hydrogen-bond donors (Lipinski definition) is 1. The van der Waals surface area contributed by atoms with Gasteiger partial charge in [-0.1, -0.05) is 0 Å².